The van der Waals surface area contributed by atoms with Crippen LogP contribution in [0.3, 0.4) is 0 Å². The van der Waals surface area contributed by atoms with E-state index >= 15 is 0 Å². The number of rotatable bonds is 3. The van der Waals surface area contributed by atoms with Gasteiger partial charge in [-0.2, -0.15) is 0 Å². The molecule has 0 aliphatic heterocycles. The van der Waals surface area contributed by atoms with Crippen molar-refractivity contribution >= 4 is 62.6 Å². The molecule has 0 N–H and O–H groups in total. The molecule has 0 saturated heterocycles. The summed E-state index contributed by atoms with van der Waals surface area (Å²) in [5.41, 5.74) is 1.11. The van der Waals surface area contributed by atoms with E-state index < -0.39 is 0 Å². The van der Waals surface area contributed by atoms with Gasteiger partial charge in [-0.15, -0.1) is 0 Å². The highest BCUT2D eigenvalue weighted by molar-refractivity contribution is 14.1. The van der Waals surface area contributed by atoms with E-state index in [4.69, 9.17) is 16.3 Å². The van der Waals surface area contributed by atoms with Gasteiger partial charge in [-0.3, -0.25) is 4.79 Å². The number of ketones is 1. The van der Waals surface area contributed by atoms with Crippen LogP contribution in [0.2, 0.25) is 5.02 Å². The van der Waals surface area contributed by atoms with E-state index in [0.29, 0.717) is 21.9 Å². The topological polar surface area (TPSA) is 26.3 Å². The Morgan fingerprint density at radius 2 is 1.89 bits per heavy atom. The molecule has 19 heavy (non-hydrogen) atoms. The molecule has 0 unspecified atom stereocenters. The van der Waals surface area contributed by atoms with Crippen LogP contribution >= 0.6 is 56.8 Å². The fraction of sp³-hybridized carbons (Fsp3) is 0.0714. The van der Waals surface area contributed by atoms with E-state index in [1.807, 2.05) is 18.2 Å². The summed E-state index contributed by atoms with van der Waals surface area (Å²) < 4.78 is 7.14. The monoisotopic (exact) mass is 498 g/mol. The van der Waals surface area contributed by atoms with E-state index in [9.17, 15) is 4.79 Å². The lowest BCUT2D eigenvalue weighted by atomic mass is 10.0. The Balaban J connectivity index is 2.49. The first-order chi connectivity index (χ1) is 9.02. The van der Waals surface area contributed by atoms with Crippen molar-refractivity contribution in [3.05, 3.63) is 59.7 Å². The molecule has 0 bridgehead atoms. The van der Waals surface area contributed by atoms with Crippen LogP contribution in [-0.4, -0.2) is 12.9 Å². The summed E-state index contributed by atoms with van der Waals surface area (Å²) in [5.74, 6) is 0.480. The van der Waals surface area contributed by atoms with Crippen LogP contribution in [-0.2, 0) is 0 Å². The summed E-state index contributed by atoms with van der Waals surface area (Å²) >= 11 is 10.4. The average molecular weight is 498 g/mol. The van der Waals surface area contributed by atoms with Crippen molar-refractivity contribution in [2.45, 2.75) is 0 Å². The molecule has 0 fully saturated rings. The fourth-order valence-electron chi connectivity index (χ4n) is 1.65. The zero-order chi connectivity index (χ0) is 14.0. The van der Waals surface area contributed by atoms with Gasteiger partial charge in [-0.25, -0.2) is 0 Å². The molecule has 0 aliphatic carbocycles. The van der Waals surface area contributed by atoms with Gasteiger partial charge in [0.05, 0.1) is 17.7 Å². The number of carbonyl (C=O) groups excluding carboxylic acids is 1. The number of carbonyl (C=O) groups is 1. The molecule has 0 radical (unpaired) electrons. The molecule has 0 spiro atoms. The van der Waals surface area contributed by atoms with Gasteiger partial charge in [0.25, 0.3) is 0 Å². The zero-order valence-corrected chi connectivity index (χ0v) is 15.0. The highest BCUT2D eigenvalue weighted by Gasteiger charge is 2.15. The van der Waals surface area contributed by atoms with Crippen LogP contribution in [0.1, 0.15) is 15.9 Å². The summed E-state index contributed by atoms with van der Waals surface area (Å²) in [6.45, 7) is 0. The second-order valence-corrected chi connectivity index (χ2v) is 6.62. The lowest BCUT2D eigenvalue weighted by Crippen LogP contribution is -2.04. The number of hydrogen-bond donors (Lipinski definition) is 0. The van der Waals surface area contributed by atoms with Crippen LogP contribution in [0.15, 0.2) is 36.4 Å². The summed E-state index contributed by atoms with van der Waals surface area (Å²) in [4.78, 5) is 12.5. The van der Waals surface area contributed by atoms with Gasteiger partial charge in [0, 0.05) is 12.7 Å². The molecule has 0 heterocycles. The number of methoxy groups -OCH3 is 1. The molecule has 98 valence electrons. The first kappa shape index (κ1) is 15.1. The molecule has 0 aromatic heterocycles. The Hall–Kier alpha value is -0.340. The highest BCUT2D eigenvalue weighted by Crippen LogP contribution is 2.26. The largest absolute Gasteiger partial charge is 0.496 e. The molecule has 0 aliphatic rings. The molecule has 0 atom stereocenters. The Morgan fingerprint density at radius 1 is 1.16 bits per heavy atom. The summed E-state index contributed by atoms with van der Waals surface area (Å²) in [5, 5.41) is 0.580. The number of ether oxygens (including phenoxy) is 1. The molecule has 2 nitrogen and oxygen atoms in total. The SMILES string of the molecule is COc1ccc(I)cc1C(=O)c1ccc(I)c(Cl)c1. The molecule has 2 rings (SSSR count). The van der Waals surface area contributed by atoms with Gasteiger partial charge < -0.3 is 4.74 Å². The predicted molar refractivity (Wildman–Crippen MR) is 93.3 cm³/mol. The van der Waals surface area contributed by atoms with Crippen LogP contribution in [0.25, 0.3) is 0 Å². The van der Waals surface area contributed by atoms with Crippen LogP contribution in [0, 0.1) is 7.14 Å². The second kappa shape index (κ2) is 6.41. The third-order valence-corrected chi connectivity index (χ3v) is 4.83. The van der Waals surface area contributed by atoms with E-state index in [1.165, 1.54) is 0 Å². The van der Waals surface area contributed by atoms with Crippen molar-refractivity contribution in [1.29, 1.82) is 0 Å². The third-order valence-electron chi connectivity index (χ3n) is 2.59. The molecular formula is C14H9ClI2O2. The predicted octanol–water partition coefficient (Wildman–Crippen LogP) is 4.79. The average Bonchev–Trinajstić information content (AvgIpc) is 2.41. The van der Waals surface area contributed by atoms with Crippen LogP contribution in [0.5, 0.6) is 5.75 Å². The highest BCUT2D eigenvalue weighted by atomic mass is 127. The first-order valence-electron chi connectivity index (χ1n) is 5.36. The van der Waals surface area contributed by atoms with E-state index in [-0.39, 0.29) is 5.78 Å². The maximum absolute atomic E-state index is 12.5. The van der Waals surface area contributed by atoms with Crippen molar-refractivity contribution < 1.29 is 9.53 Å². The van der Waals surface area contributed by atoms with E-state index in [0.717, 1.165) is 7.14 Å². The molecule has 5 heteroatoms. The van der Waals surface area contributed by atoms with Gasteiger partial charge in [0.1, 0.15) is 5.75 Å². The second-order valence-electron chi connectivity index (χ2n) is 3.80. The molecule has 0 saturated carbocycles. The Morgan fingerprint density at radius 3 is 2.53 bits per heavy atom. The summed E-state index contributed by atoms with van der Waals surface area (Å²) in [6, 6.07) is 10.8. The lowest BCUT2D eigenvalue weighted by molar-refractivity contribution is 0.103. The minimum Gasteiger partial charge on any atom is -0.496 e. The standard InChI is InChI=1S/C14H9ClI2O2/c1-19-13-5-3-9(16)7-10(13)14(18)8-2-4-12(17)11(15)6-8/h2-7H,1H3. The van der Waals surface area contributed by atoms with Crippen LogP contribution in [0.4, 0.5) is 0 Å². The normalized spacial score (nSPS) is 10.3. The minimum absolute atomic E-state index is 0.0892. The number of halogens is 3. The van der Waals surface area contributed by atoms with Gasteiger partial charge in [0.2, 0.25) is 0 Å². The van der Waals surface area contributed by atoms with Crippen molar-refractivity contribution in [1.82, 2.24) is 0 Å². The molecule has 2 aromatic rings. The van der Waals surface area contributed by atoms with E-state index in [1.54, 1.807) is 25.3 Å². The maximum atomic E-state index is 12.5. The number of hydrogen-bond acceptors (Lipinski definition) is 2. The Bertz CT molecular complexity index is 641. The van der Waals surface area contributed by atoms with Gasteiger partial charge in [-0.05, 0) is 81.6 Å². The van der Waals surface area contributed by atoms with Crippen molar-refractivity contribution in [3.8, 4) is 5.75 Å². The lowest BCUT2D eigenvalue weighted by Gasteiger charge is -2.09. The molecular weight excluding hydrogens is 489 g/mol. The van der Waals surface area contributed by atoms with Gasteiger partial charge in [0.15, 0.2) is 5.78 Å². The Labute approximate surface area is 143 Å². The van der Waals surface area contributed by atoms with Crippen molar-refractivity contribution in [2.24, 2.45) is 0 Å². The molecule has 0 amide bonds. The Kier molecular flexibility index (Phi) is 5.08. The van der Waals surface area contributed by atoms with E-state index in [2.05, 4.69) is 45.2 Å². The summed E-state index contributed by atoms with van der Waals surface area (Å²) in [6.07, 6.45) is 0. The van der Waals surface area contributed by atoms with Crippen LogP contribution < -0.4 is 4.74 Å². The van der Waals surface area contributed by atoms with Gasteiger partial charge in [-0.1, -0.05) is 11.6 Å². The fourth-order valence-corrected chi connectivity index (χ4v) is 2.66. The third kappa shape index (κ3) is 3.41. The summed E-state index contributed by atoms with van der Waals surface area (Å²) in [7, 11) is 1.56. The smallest absolute Gasteiger partial charge is 0.196 e. The van der Waals surface area contributed by atoms with Gasteiger partial charge >= 0.3 is 0 Å². The maximum Gasteiger partial charge on any atom is 0.196 e. The first-order valence-corrected chi connectivity index (χ1v) is 7.89. The minimum atomic E-state index is -0.0892. The quantitative estimate of drug-likeness (QED) is 0.450. The zero-order valence-electron chi connectivity index (χ0n) is 9.91. The molecule has 2 aromatic carbocycles. The van der Waals surface area contributed by atoms with Crippen molar-refractivity contribution in [2.75, 3.05) is 7.11 Å². The van der Waals surface area contributed by atoms with Crippen molar-refractivity contribution in [3.63, 3.8) is 0 Å². The number of benzene rings is 2.